The van der Waals surface area contributed by atoms with Crippen molar-refractivity contribution in [1.82, 2.24) is 5.32 Å². The number of amides is 2. The molecule has 4 nitrogen and oxygen atoms in total. The molecule has 0 aliphatic rings. The molecule has 0 aliphatic carbocycles. The number of rotatable bonds is 5. The molecule has 0 bridgehead atoms. The third kappa shape index (κ3) is 4.26. The lowest BCUT2D eigenvalue weighted by molar-refractivity contribution is -0.121. The van der Waals surface area contributed by atoms with Crippen LogP contribution < -0.4 is 10.1 Å². The van der Waals surface area contributed by atoms with Gasteiger partial charge >= 0.3 is 0 Å². The summed E-state index contributed by atoms with van der Waals surface area (Å²) in [6.07, 6.45) is 1.56. The molecular weight excluding hydrogens is 297 g/mol. The highest BCUT2D eigenvalue weighted by Gasteiger charge is 2.13. The van der Waals surface area contributed by atoms with Gasteiger partial charge in [0.25, 0.3) is 5.91 Å². The summed E-state index contributed by atoms with van der Waals surface area (Å²) >= 11 is 0. The molecule has 2 aromatic carbocycles. The fourth-order valence-electron chi connectivity index (χ4n) is 1.93. The molecule has 0 fully saturated rings. The lowest BCUT2D eigenvalue weighted by Crippen LogP contribution is -2.22. The highest BCUT2D eigenvalue weighted by atomic mass is 19.1. The zero-order chi connectivity index (χ0) is 16.8. The van der Waals surface area contributed by atoms with Crippen molar-refractivity contribution >= 4 is 17.9 Å². The molecule has 0 atom stereocenters. The third-order valence-electron chi connectivity index (χ3n) is 3.38. The molecule has 0 saturated heterocycles. The smallest absolute Gasteiger partial charge is 0.261 e. The maximum absolute atomic E-state index is 12.9. The van der Waals surface area contributed by atoms with Crippen LogP contribution in [-0.2, 0) is 9.59 Å². The van der Waals surface area contributed by atoms with E-state index in [1.54, 1.807) is 6.07 Å². The Kier molecular flexibility index (Phi) is 5.25. The third-order valence-corrected chi connectivity index (χ3v) is 3.38. The number of hydrogen-bond acceptors (Lipinski definition) is 3. The highest BCUT2D eigenvalue weighted by Crippen LogP contribution is 2.20. The topological polar surface area (TPSA) is 55.4 Å². The molecule has 0 heterocycles. The summed E-state index contributed by atoms with van der Waals surface area (Å²) in [4.78, 5) is 22.6. The van der Waals surface area contributed by atoms with E-state index in [-0.39, 0.29) is 11.4 Å². The minimum absolute atomic E-state index is 0.199. The first-order valence-corrected chi connectivity index (χ1v) is 6.96. The maximum atomic E-state index is 12.9. The summed E-state index contributed by atoms with van der Waals surface area (Å²) in [7, 11) is 0. The van der Waals surface area contributed by atoms with Gasteiger partial charge in [-0.25, -0.2) is 4.39 Å². The molecule has 118 valence electrons. The Labute approximate surface area is 133 Å². The summed E-state index contributed by atoms with van der Waals surface area (Å²) in [5.41, 5.74) is 2.91. The van der Waals surface area contributed by atoms with Crippen LogP contribution in [0.1, 0.15) is 16.7 Å². The maximum Gasteiger partial charge on any atom is 0.261 e. The Hall–Kier alpha value is -2.95. The molecule has 0 saturated carbocycles. The van der Waals surface area contributed by atoms with Gasteiger partial charge in [0, 0.05) is 0 Å². The average molecular weight is 313 g/mol. The standard InChI is InChI=1S/C18H16FNO3/c1-12-3-4-14(9-13(12)2)17(18(22)20-11-21)10-23-16-7-5-15(19)6-8-16/h3-11H,1-2H3,(H,20,21,22)/b17-10-. The molecule has 0 aromatic heterocycles. The number of imide groups is 1. The number of aryl methyl sites for hydroxylation is 2. The molecule has 2 rings (SSSR count). The van der Waals surface area contributed by atoms with E-state index >= 15 is 0 Å². The van der Waals surface area contributed by atoms with Crippen LogP contribution in [0, 0.1) is 19.7 Å². The predicted octanol–water partition coefficient (Wildman–Crippen LogP) is 3.14. The van der Waals surface area contributed by atoms with E-state index in [1.165, 1.54) is 30.5 Å². The second kappa shape index (κ2) is 7.35. The van der Waals surface area contributed by atoms with E-state index in [2.05, 4.69) is 5.32 Å². The SMILES string of the molecule is Cc1ccc(/C(=C/Oc2ccc(F)cc2)C(=O)NC=O)cc1C. The number of hydrogen-bond donors (Lipinski definition) is 1. The van der Waals surface area contributed by atoms with Gasteiger partial charge in [-0.15, -0.1) is 0 Å². The largest absolute Gasteiger partial charge is 0.464 e. The summed E-state index contributed by atoms with van der Waals surface area (Å²) in [5.74, 6) is -0.577. The molecule has 0 aliphatic heterocycles. The van der Waals surface area contributed by atoms with Crippen LogP contribution in [0.4, 0.5) is 4.39 Å². The van der Waals surface area contributed by atoms with Crippen LogP contribution in [0.2, 0.25) is 0 Å². The van der Waals surface area contributed by atoms with Gasteiger partial charge in [0.2, 0.25) is 6.41 Å². The Balaban J connectivity index is 2.34. The summed E-state index contributed by atoms with van der Waals surface area (Å²) in [5, 5.41) is 2.10. The number of carbonyl (C=O) groups is 2. The number of benzene rings is 2. The normalized spacial score (nSPS) is 11.0. The minimum Gasteiger partial charge on any atom is -0.464 e. The molecule has 0 spiro atoms. The predicted molar refractivity (Wildman–Crippen MR) is 85.1 cm³/mol. The highest BCUT2D eigenvalue weighted by molar-refractivity contribution is 6.21. The first-order chi connectivity index (χ1) is 11.0. The van der Waals surface area contributed by atoms with E-state index in [0.29, 0.717) is 17.7 Å². The monoisotopic (exact) mass is 313 g/mol. The summed E-state index contributed by atoms with van der Waals surface area (Å²) in [6, 6.07) is 10.9. The Bertz CT molecular complexity index is 751. The fraction of sp³-hybridized carbons (Fsp3) is 0.111. The average Bonchev–Trinajstić information content (AvgIpc) is 2.53. The van der Waals surface area contributed by atoms with Crippen molar-refractivity contribution in [3.05, 3.63) is 71.2 Å². The van der Waals surface area contributed by atoms with Crippen molar-refractivity contribution in [2.45, 2.75) is 13.8 Å². The van der Waals surface area contributed by atoms with Crippen molar-refractivity contribution in [3.63, 3.8) is 0 Å². The van der Waals surface area contributed by atoms with Crippen molar-refractivity contribution in [3.8, 4) is 5.75 Å². The Morgan fingerprint density at radius 2 is 1.78 bits per heavy atom. The Morgan fingerprint density at radius 3 is 2.39 bits per heavy atom. The van der Waals surface area contributed by atoms with Gasteiger partial charge in [-0.05, 0) is 54.8 Å². The molecule has 2 amide bonds. The van der Waals surface area contributed by atoms with Crippen LogP contribution in [0.25, 0.3) is 5.57 Å². The van der Waals surface area contributed by atoms with Crippen molar-refractivity contribution < 1.29 is 18.7 Å². The number of nitrogens with one attached hydrogen (secondary N) is 1. The second-order valence-corrected chi connectivity index (χ2v) is 4.99. The lowest BCUT2D eigenvalue weighted by atomic mass is 10.0. The number of ether oxygens (including phenoxy) is 1. The van der Waals surface area contributed by atoms with Crippen LogP contribution >= 0.6 is 0 Å². The zero-order valence-electron chi connectivity index (χ0n) is 12.8. The van der Waals surface area contributed by atoms with Gasteiger partial charge in [-0.2, -0.15) is 0 Å². The first-order valence-electron chi connectivity index (χ1n) is 6.96. The fourth-order valence-corrected chi connectivity index (χ4v) is 1.93. The first kappa shape index (κ1) is 16.4. The van der Waals surface area contributed by atoms with E-state index in [4.69, 9.17) is 4.74 Å². The second-order valence-electron chi connectivity index (χ2n) is 4.99. The van der Waals surface area contributed by atoms with E-state index in [0.717, 1.165) is 11.1 Å². The number of carbonyl (C=O) groups excluding carboxylic acids is 2. The molecular formula is C18H16FNO3. The van der Waals surface area contributed by atoms with Crippen molar-refractivity contribution in [2.24, 2.45) is 0 Å². The molecule has 1 N–H and O–H groups in total. The molecule has 5 heteroatoms. The van der Waals surface area contributed by atoms with Crippen LogP contribution in [0.3, 0.4) is 0 Å². The minimum atomic E-state index is -0.578. The Morgan fingerprint density at radius 1 is 1.09 bits per heavy atom. The van der Waals surface area contributed by atoms with Gasteiger partial charge < -0.3 is 4.74 Å². The van der Waals surface area contributed by atoms with E-state index in [9.17, 15) is 14.0 Å². The molecule has 23 heavy (non-hydrogen) atoms. The summed E-state index contributed by atoms with van der Waals surface area (Å²) < 4.78 is 18.3. The molecule has 0 radical (unpaired) electrons. The van der Waals surface area contributed by atoms with E-state index < -0.39 is 5.91 Å². The zero-order valence-corrected chi connectivity index (χ0v) is 12.8. The summed E-state index contributed by atoms with van der Waals surface area (Å²) in [6.45, 7) is 3.89. The lowest BCUT2D eigenvalue weighted by Gasteiger charge is -2.09. The molecule has 2 aromatic rings. The van der Waals surface area contributed by atoms with E-state index in [1.807, 2.05) is 26.0 Å². The van der Waals surface area contributed by atoms with Crippen molar-refractivity contribution in [2.75, 3.05) is 0 Å². The molecule has 0 unspecified atom stereocenters. The van der Waals surface area contributed by atoms with Gasteiger partial charge in [-0.3, -0.25) is 14.9 Å². The van der Waals surface area contributed by atoms with Gasteiger partial charge in [0.15, 0.2) is 0 Å². The van der Waals surface area contributed by atoms with Crippen LogP contribution in [0.5, 0.6) is 5.75 Å². The van der Waals surface area contributed by atoms with Crippen LogP contribution in [-0.4, -0.2) is 12.3 Å². The van der Waals surface area contributed by atoms with Crippen molar-refractivity contribution in [1.29, 1.82) is 0 Å². The quantitative estimate of drug-likeness (QED) is 0.524. The number of halogens is 1. The van der Waals surface area contributed by atoms with Crippen LogP contribution in [0.15, 0.2) is 48.7 Å². The van der Waals surface area contributed by atoms with Gasteiger partial charge in [-0.1, -0.05) is 18.2 Å². The van der Waals surface area contributed by atoms with Gasteiger partial charge in [0.1, 0.15) is 17.8 Å². The van der Waals surface area contributed by atoms with Gasteiger partial charge in [0.05, 0.1) is 5.57 Å².